The molecule has 0 aliphatic rings. The maximum absolute atomic E-state index is 12.1. The fraction of sp³-hybridized carbons (Fsp3) is 0.105. The van der Waals surface area contributed by atoms with E-state index in [1.807, 2.05) is 0 Å². The molecule has 0 heterocycles. The second-order valence-electron chi connectivity index (χ2n) is 4.98. The number of benzene rings is 2. The molecule has 0 unspecified atom stereocenters. The third-order valence-corrected chi connectivity index (χ3v) is 3.91. The highest BCUT2D eigenvalue weighted by Gasteiger charge is 2.12. The van der Waals surface area contributed by atoms with Crippen LogP contribution in [0.25, 0.3) is 6.08 Å². The molecule has 0 radical (unpaired) electrons. The Labute approximate surface area is 160 Å². The summed E-state index contributed by atoms with van der Waals surface area (Å²) in [7, 11) is 0. The van der Waals surface area contributed by atoms with Crippen LogP contribution in [0.1, 0.15) is 22.8 Å². The molecule has 132 valence electrons. The zero-order chi connectivity index (χ0) is 19.1. The minimum absolute atomic E-state index is 0.118. The van der Waals surface area contributed by atoms with Crippen LogP contribution in [0.4, 0.5) is 0 Å². The monoisotopic (exact) mass is 389 g/mol. The van der Waals surface area contributed by atoms with Gasteiger partial charge in [-0.1, -0.05) is 35.3 Å². The summed E-state index contributed by atoms with van der Waals surface area (Å²) in [6, 6.07) is 12.5. The van der Waals surface area contributed by atoms with Crippen LogP contribution in [0.3, 0.4) is 0 Å². The summed E-state index contributed by atoms with van der Waals surface area (Å²) >= 11 is 11.7. The summed E-state index contributed by atoms with van der Waals surface area (Å²) in [5, 5.41) is 9.61. The van der Waals surface area contributed by atoms with Crippen LogP contribution < -0.4 is 4.74 Å². The van der Waals surface area contributed by atoms with Crippen molar-refractivity contribution < 1.29 is 19.1 Å². The first-order chi connectivity index (χ1) is 12.4. The Bertz CT molecular complexity index is 899. The van der Waals surface area contributed by atoms with Crippen LogP contribution in [-0.4, -0.2) is 18.5 Å². The second kappa shape index (κ2) is 9.04. The van der Waals surface area contributed by atoms with Crippen LogP contribution in [0, 0.1) is 11.3 Å². The molecule has 0 saturated carbocycles. The van der Waals surface area contributed by atoms with E-state index in [1.165, 1.54) is 24.3 Å². The molecule has 0 aliphatic carbocycles. The second-order valence-corrected chi connectivity index (χ2v) is 5.79. The summed E-state index contributed by atoms with van der Waals surface area (Å²) in [5.41, 5.74) is 0.730. The van der Waals surface area contributed by atoms with E-state index < -0.39 is 11.9 Å². The van der Waals surface area contributed by atoms with Crippen LogP contribution in [0.15, 0.2) is 48.0 Å². The number of ether oxygens (including phenoxy) is 2. The number of rotatable bonds is 5. The lowest BCUT2D eigenvalue weighted by Crippen LogP contribution is -2.08. The Balaban J connectivity index is 2.11. The number of carbonyl (C=O) groups excluding carboxylic acids is 2. The first-order valence-electron chi connectivity index (χ1n) is 7.50. The molecule has 26 heavy (non-hydrogen) atoms. The molecule has 2 aromatic carbocycles. The van der Waals surface area contributed by atoms with Crippen LogP contribution >= 0.6 is 23.2 Å². The fourth-order valence-electron chi connectivity index (χ4n) is 1.93. The lowest BCUT2D eigenvalue weighted by Gasteiger charge is -2.06. The lowest BCUT2D eigenvalue weighted by atomic mass is 10.1. The number of hydrogen-bond acceptors (Lipinski definition) is 5. The van der Waals surface area contributed by atoms with Gasteiger partial charge in [0.1, 0.15) is 17.4 Å². The first-order valence-corrected chi connectivity index (χ1v) is 8.26. The Morgan fingerprint density at radius 3 is 2.38 bits per heavy atom. The van der Waals surface area contributed by atoms with Crippen LogP contribution in [-0.2, 0) is 9.53 Å². The Morgan fingerprint density at radius 1 is 1.12 bits per heavy atom. The normalized spacial score (nSPS) is 10.8. The van der Waals surface area contributed by atoms with Gasteiger partial charge in [0.2, 0.25) is 0 Å². The van der Waals surface area contributed by atoms with Gasteiger partial charge >= 0.3 is 11.9 Å². The molecule has 0 saturated heterocycles. The van der Waals surface area contributed by atoms with Crippen molar-refractivity contribution in [1.82, 2.24) is 0 Å². The van der Waals surface area contributed by atoms with Crippen molar-refractivity contribution in [2.45, 2.75) is 6.92 Å². The number of esters is 2. The van der Waals surface area contributed by atoms with Crippen molar-refractivity contribution in [2.24, 2.45) is 0 Å². The lowest BCUT2D eigenvalue weighted by molar-refractivity contribution is -0.137. The predicted octanol–water partition coefficient (Wildman–Crippen LogP) is 4.68. The zero-order valence-electron chi connectivity index (χ0n) is 13.7. The molecule has 0 aromatic heterocycles. The van der Waals surface area contributed by atoms with E-state index in [0.29, 0.717) is 16.3 Å². The summed E-state index contributed by atoms with van der Waals surface area (Å²) < 4.78 is 10.0. The smallest absolute Gasteiger partial charge is 0.348 e. The van der Waals surface area contributed by atoms with Crippen molar-refractivity contribution in [3.05, 3.63) is 69.2 Å². The zero-order valence-corrected chi connectivity index (χ0v) is 15.2. The molecular formula is C19H13Cl2NO4. The molecule has 0 amide bonds. The Hall–Kier alpha value is -2.81. The van der Waals surface area contributed by atoms with Crippen molar-refractivity contribution in [3.8, 4) is 11.8 Å². The van der Waals surface area contributed by atoms with Gasteiger partial charge in [0, 0.05) is 0 Å². The number of nitriles is 1. The van der Waals surface area contributed by atoms with E-state index in [9.17, 15) is 9.59 Å². The summed E-state index contributed by atoms with van der Waals surface area (Å²) in [6.07, 6.45) is 1.39. The molecule has 0 atom stereocenters. The standard InChI is InChI=1S/C19H13Cl2NO4/c1-2-25-18(23)14(11-22)9-12-3-6-15(7-4-12)26-19(24)13-5-8-16(20)17(21)10-13/h3-10H,2H2,1H3/b14-9+. The van der Waals surface area contributed by atoms with E-state index in [1.54, 1.807) is 37.3 Å². The average Bonchev–Trinajstić information content (AvgIpc) is 2.63. The molecular weight excluding hydrogens is 377 g/mol. The topological polar surface area (TPSA) is 76.4 Å². The fourth-order valence-corrected chi connectivity index (χ4v) is 2.23. The molecule has 2 rings (SSSR count). The van der Waals surface area contributed by atoms with Gasteiger partial charge in [0.05, 0.1) is 22.2 Å². The highest BCUT2D eigenvalue weighted by Crippen LogP contribution is 2.23. The van der Waals surface area contributed by atoms with Gasteiger partial charge < -0.3 is 9.47 Å². The maximum Gasteiger partial charge on any atom is 0.348 e. The van der Waals surface area contributed by atoms with E-state index in [0.717, 1.165) is 0 Å². The van der Waals surface area contributed by atoms with Gasteiger partial charge in [0.25, 0.3) is 0 Å². The largest absolute Gasteiger partial charge is 0.462 e. The number of nitrogens with zero attached hydrogens (tertiary/aromatic N) is 1. The van der Waals surface area contributed by atoms with Gasteiger partial charge in [-0.05, 0) is 48.9 Å². The number of carbonyl (C=O) groups is 2. The third-order valence-electron chi connectivity index (χ3n) is 3.17. The molecule has 5 nitrogen and oxygen atoms in total. The molecule has 7 heteroatoms. The predicted molar refractivity (Wildman–Crippen MR) is 98.1 cm³/mol. The molecule has 0 fully saturated rings. The van der Waals surface area contributed by atoms with Crippen molar-refractivity contribution in [1.29, 1.82) is 5.26 Å². The highest BCUT2D eigenvalue weighted by molar-refractivity contribution is 6.42. The Morgan fingerprint density at radius 2 is 1.81 bits per heavy atom. The molecule has 0 spiro atoms. The third kappa shape index (κ3) is 5.09. The van der Waals surface area contributed by atoms with Gasteiger partial charge in [-0.15, -0.1) is 0 Å². The Kier molecular flexibility index (Phi) is 6.79. The molecule has 0 aliphatic heterocycles. The first kappa shape index (κ1) is 19.5. The molecule has 2 aromatic rings. The maximum atomic E-state index is 12.1. The van der Waals surface area contributed by atoms with Crippen LogP contribution in [0.5, 0.6) is 5.75 Å². The van der Waals surface area contributed by atoms with Gasteiger partial charge in [-0.2, -0.15) is 5.26 Å². The van der Waals surface area contributed by atoms with E-state index in [2.05, 4.69) is 0 Å². The summed E-state index contributed by atoms with van der Waals surface area (Å²) in [4.78, 5) is 23.7. The van der Waals surface area contributed by atoms with E-state index >= 15 is 0 Å². The minimum Gasteiger partial charge on any atom is -0.462 e. The molecule has 0 bridgehead atoms. The summed E-state index contributed by atoms with van der Waals surface area (Å²) in [6.45, 7) is 1.84. The van der Waals surface area contributed by atoms with E-state index in [-0.39, 0.29) is 22.8 Å². The molecule has 0 N–H and O–H groups in total. The van der Waals surface area contributed by atoms with Gasteiger partial charge in [0.15, 0.2) is 0 Å². The number of hydrogen-bond donors (Lipinski definition) is 0. The summed E-state index contributed by atoms with van der Waals surface area (Å²) in [5.74, 6) is -0.978. The van der Waals surface area contributed by atoms with Gasteiger partial charge in [-0.25, -0.2) is 9.59 Å². The quantitative estimate of drug-likeness (QED) is 0.321. The van der Waals surface area contributed by atoms with Crippen molar-refractivity contribution in [3.63, 3.8) is 0 Å². The van der Waals surface area contributed by atoms with E-state index in [4.69, 9.17) is 37.9 Å². The van der Waals surface area contributed by atoms with Crippen molar-refractivity contribution in [2.75, 3.05) is 6.61 Å². The highest BCUT2D eigenvalue weighted by atomic mass is 35.5. The number of halogens is 2. The van der Waals surface area contributed by atoms with Crippen molar-refractivity contribution >= 4 is 41.2 Å². The van der Waals surface area contributed by atoms with Crippen LogP contribution in [0.2, 0.25) is 10.0 Å². The minimum atomic E-state index is -0.690. The SMILES string of the molecule is CCOC(=O)/C(C#N)=C/c1ccc(OC(=O)c2ccc(Cl)c(Cl)c2)cc1. The van der Waals surface area contributed by atoms with Gasteiger partial charge in [-0.3, -0.25) is 0 Å². The average molecular weight is 390 g/mol.